The van der Waals surface area contributed by atoms with E-state index in [1.165, 1.54) is 13.2 Å². The number of aliphatic hydroxyl groups is 1. The molecule has 1 fully saturated rings. The van der Waals surface area contributed by atoms with Gasteiger partial charge in [0, 0.05) is 39.6 Å². The summed E-state index contributed by atoms with van der Waals surface area (Å²) in [7, 11) is 3.09. The van der Waals surface area contributed by atoms with Crippen LogP contribution in [0.5, 0.6) is 0 Å². The highest BCUT2D eigenvalue weighted by molar-refractivity contribution is 5.88. The van der Waals surface area contributed by atoms with Crippen molar-refractivity contribution in [1.82, 2.24) is 4.98 Å². The minimum atomic E-state index is -0.831. The van der Waals surface area contributed by atoms with Crippen molar-refractivity contribution >= 4 is 17.5 Å². The van der Waals surface area contributed by atoms with Gasteiger partial charge >= 0.3 is 5.97 Å². The molecule has 0 saturated carbocycles. The van der Waals surface area contributed by atoms with Gasteiger partial charge in [-0.05, 0) is 12.1 Å². The van der Waals surface area contributed by atoms with Crippen molar-refractivity contribution in [1.29, 1.82) is 0 Å². The Hall–Kier alpha value is -1.86. The van der Waals surface area contributed by atoms with Gasteiger partial charge in [-0.25, -0.2) is 9.78 Å². The lowest BCUT2D eigenvalue weighted by Gasteiger charge is -2.36. The number of nitrogens with zero attached hydrogens (tertiary/aromatic N) is 2. The standard InChI is InChI=1S/C14H21N3O4/c1-17(9-14(19)5-7-21-8-6-14)12-10(15)3-4-11(16-12)13(18)20-2/h3-4,19H,5-9,15H2,1-2H3. The van der Waals surface area contributed by atoms with Gasteiger partial charge in [0.15, 0.2) is 11.5 Å². The summed E-state index contributed by atoms with van der Waals surface area (Å²) in [6, 6.07) is 3.13. The fraction of sp³-hybridized carbons (Fsp3) is 0.571. The van der Waals surface area contributed by atoms with Crippen LogP contribution in [0, 0.1) is 0 Å². The van der Waals surface area contributed by atoms with Crippen molar-refractivity contribution < 1.29 is 19.4 Å². The molecule has 0 radical (unpaired) electrons. The molecule has 0 spiro atoms. The molecule has 7 heteroatoms. The summed E-state index contributed by atoms with van der Waals surface area (Å²) in [5.74, 6) is -0.0627. The van der Waals surface area contributed by atoms with Crippen LogP contribution >= 0.6 is 0 Å². The number of likely N-dealkylation sites (N-methyl/N-ethyl adjacent to an activating group) is 1. The van der Waals surface area contributed by atoms with Crippen LogP contribution in [-0.2, 0) is 9.47 Å². The van der Waals surface area contributed by atoms with Crippen LogP contribution in [-0.4, -0.2) is 55.6 Å². The number of rotatable bonds is 4. The third-order valence-electron chi connectivity index (χ3n) is 3.62. The van der Waals surface area contributed by atoms with Crippen molar-refractivity contribution in [2.75, 3.05) is 44.5 Å². The highest BCUT2D eigenvalue weighted by Crippen LogP contribution is 2.26. The molecule has 0 aliphatic carbocycles. The molecule has 2 rings (SSSR count). The average molecular weight is 295 g/mol. The van der Waals surface area contributed by atoms with E-state index in [0.29, 0.717) is 44.1 Å². The second-order valence-corrected chi connectivity index (χ2v) is 5.29. The van der Waals surface area contributed by atoms with Gasteiger partial charge in [-0.1, -0.05) is 0 Å². The predicted octanol–water partition coefficient (Wildman–Crippen LogP) is 0.428. The molecule has 0 bridgehead atoms. The number of anilines is 2. The van der Waals surface area contributed by atoms with E-state index in [1.54, 1.807) is 18.0 Å². The van der Waals surface area contributed by atoms with E-state index in [9.17, 15) is 9.90 Å². The zero-order valence-corrected chi connectivity index (χ0v) is 12.3. The molecule has 7 nitrogen and oxygen atoms in total. The molecule has 116 valence electrons. The van der Waals surface area contributed by atoms with Gasteiger partial charge in [0.05, 0.1) is 18.4 Å². The molecular weight excluding hydrogens is 274 g/mol. The topological polar surface area (TPSA) is 97.9 Å². The number of hydrogen-bond acceptors (Lipinski definition) is 7. The van der Waals surface area contributed by atoms with E-state index in [2.05, 4.69) is 9.72 Å². The van der Waals surface area contributed by atoms with Gasteiger partial charge in [0.1, 0.15) is 0 Å². The molecule has 1 aromatic heterocycles. The Kier molecular flexibility index (Phi) is 4.64. The number of esters is 1. The number of ether oxygens (including phenoxy) is 2. The Balaban J connectivity index is 2.17. The summed E-state index contributed by atoms with van der Waals surface area (Å²) < 4.78 is 9.91. The largest absolute Gasteiger partial charge is 0.464 e. The molecule has 1 aliphatic rings. The first-order chi connectivity index (χ1) is 9.95. The van der Waals surface area contributed by atoms with Crippen LogP contribution in [0.25, 0.3) is 0 Å². The summed E-state index contributed by atoms with van der Waals surface area (Å²) in [5, 5.41) is 10.5. The minimum absolute atomic E-state index is 0.188. The van der Waals surface area contributed by atoms with Gasteiger partial charge < -0.3 is 25.2 Å². The molecule has 1 saturated heterocycles. The molecule has 1 aromatic rings. The van der Waals surface area contributed by atoms with Crippen LogP contribution in [0.4, 0.5) is 11.5 Å². The normalized spacial score (nSPS) is 17.3. The molecule has 1 aliphatic heterocycles. The van der Waals surface area contributed by atoms with Gasteiger partial charge in [-0.2, -0.15) is 0 Å². The van der Waals surface area contributed by atoms with Crippen LogP contribution in [0.3, 0.4) is 0 Å². The number of methoxy groups -OCH3 is 1. The molecule has 0 amide bonds. The molecule has 0 aromatic carbocycles. The Morgan fingerprint density at radius 2 is 2.19 bits per heavy atom. The molecule has 0 unspecified atom stereocenters. The zero-order valence-electron chi connectivity index (χ0n) is 12.3. The van der Waals surface area contributed by atoms with Gasteiger partial charge in [0.25, 0.3) is 0 Å². The van der Waals surface area contributed by atoms with Crippen molar-refractivity contribution in [3.63, 3.8) is 0 Å². The number of nitrogen functional groups attached to an aromatic ring is 1. The van der Waals surface area contributed by atoms with Crippen LogP contribution in [0.2, 0.25) is 0 Å². The lowest BCUT2D eigenvalue weighted by molar-refractivity contribution is -0.0573. The maximum Gasteiger partial charge on any atom is 0.356 e. The Morgan fingerprint density at radius 3 is 2.81 bits per heavy atom. The number of carbonyl (C=O) groups is 1. The molecule has 21 heavy (non-hydrogen) atoms. The predicted molar refractivity (Wildman–Crippen MR) is 78.3 cm³/mol. The number of pyridine rings is 1. The third-order valence-corrected chi connectivity index (χ3v) is 3.62. The first-order valence-electron chi connectivity index (χ1n) is 6.81. The first kappa shape index (κ1) is 15.5. The van der Waals surface area contributed by atoms with Crippen molar-refractivity contribution in [3.8, 4) is 0 Å². The number of nitrogens with two attached hydrogens (primary N) is 1. The highest BCUT2D eigenvalue weighted by atomic mass is 16.5. The second-order valence-electron chi connectivity index (χ2n) is 5.29. The average Bonchev–Trinajstić information content (AvgIpc) is 2.47. The zero-order chi connectivity index (χ0) is 15.5. The quantitative estimate of drug-likeness (QED) is 0.777. The Morgan fingerprint density at radius 1 is 1.52 bits per heavy atom. The van der Waals surface area contributed by atoms with E-state index < -0.39 is 11.6 Å². The van der Waals surface area contributed by atoms with Crippen molar-refractivity contribution in [3.05, 3.63) is 17.8 Å². The van der Waals surface area contributed by atoms with Crippen LogP contribution in [0.1, 0.15) is 23.3 Å². The SMILES string of the molecule is COC(=O)c1ccc(N)c(N(C)CC2(O)CCOCC2)n1. The monoisotopic (exact) mass is 295 g/mol. The van der Waals surface area contributed by atoms with Gasteiger partial charge in [-0.3, -0.25) is 0 Å². The highest BCUT2D eigenvalue weighted by Gasteiger charge is 2.32. The first-order valence-corrected chi connectivity index (χ1v) is 6.81. The molecule has 2 heterocycles. The molecule has 3 N–H and O–H groups in total. The maximum atomic E-state index is 11.5. The fourth-order valence-electron chi connectivity index (χ4n) is 2.41. The number of hydrogen-bond donors (Lipinski definition) is 2. The summed E-state index contributed by atoms with van der Waals surface area (Å²) >= 11 is 0. The lowest BCUT2D eigenvalue weighted by Crippen LogP contribution is -2.46. The maximum absolute atomic E-state index is 11.5. The minimum Gasteiger partial charge on any atom is -0.464 e. The van der Waals surface area contributed by atoms with Crippen molar-refractivity contribution in [2.45, 2.75) is 18.4 Å². The Labute approximate surface area is 123 Å². The smallest absolute Gasteiger partial charge is 0.356 e. The van der Waals surface area contributed by atoms with E-state index >= 15 is 0 Å². The molecule has 0 atom stereocenters. The molecular formula is C14H21N3O4. The summed E-state index contributed by atoms with van der Waals surface area (Å²) in [4.78, 5) is 17.5. The van der Waals surface area contributed by atoms with Crippen LogP contribution in [0.15, 0.2) is 12.1 Å². The summed E-state index contributed by atoms with van der Waals surface area (Å²) in [5.41, 5.74) is 5.72. The second kappa shape index (κ2) is 6.28. The van der Waals surface area contributed by atoms with E-state index in [4.69, 9.17) is 10.5 Å². The van der Waals surface area contributed by atoms with E-state index in [-0.39, 0.29) is 5.69 Å². The van der Waals surface area contributed by atoms with Gasteiger partial charge in [-0.15, -0.1) is 0 Å². The van der Waals surface area contributed by atoms with E-state index in [0.717, 1.165) is 0 Å². The summed E-state index contributed by atoms with van der Waals surface area (Å²) in [6.07, 6.45) is 1.13. The number of aromatic nitrogens is 1. The van der Waals surface area contributed by atoms with Crippen molar-refractivity contribution in [2.24, 2.45) is 0 Å². The summed E-state index contributed by atoms with van der Waals surface area (Å²) in [6.45, 7) is 1.45. The number of carbonyl (C=O) groups excluding carboxylic acids is 1. The Bertz CT molecular complexity index is 515. The van der Waals surface area contributed by atoms with Crippen LogP contribution < -0.4 is 10.6 Å². The van der Waals surface area contributed by atoms with Gasteiger partial charge in [0.2, 0.25) is 0 Å². The third kappa shape index (κ3) is 3.62. The van der Waals surface area contributed by atoms with E-state index in [1.807, 2.05) is 0 Å². The lowest BCUT2D eigenvalue weighted by atomic mass is 9.94. The fourth-order valence-corrected chi connectivity index (χ4v) is 2.41.